The fraction of sp³-hybridized carbons (Fsp3) is 0.444. The second kappa shape index (κ2) is 5.71. The molecule has 0 amide bonds. The Morgan fingerprint density at radius 2 is 2.09 bits per heavy atom. The minimum absolute atomic E-state index is 0.811. The first-order valence-electron chi connectivity index (χ1n) is 3.57. The molecule has 0 N–H and O–H groups in total. The van der Waals surface area contributed by atoms with Crippen LogP contribution < -0.4 is 0 Å². The van der Waals surface area contributed by atoms with Gasteiger partial charge >= 0.3 is 0 Å². The molecule has 0 aliphatic rings. The molecule has 0 aromatic carbocycles. The van der Waals surface area contributed by atoms with Gasteiger partial charge in [-0.05, 0) is 19.9 Å². The molecule has 0 aromatic heterocycles. The standard InChI is InChI=1S/C9H15NO/c1-5-6-7-9(11-4)8(2)10-3/h5-7H,1-4H3/b6-5+,9-7+,10-8?. The van der Waals surface area contributed by atoms with Gasteiger partial charge in [0, 0.05) is 7.05 Å². The van der Waals surface area contributed by atoms with E-state index in [0.717, 1.165) is 11.5 Å². The van der Waals surface area contributed by atoms with Crippen LogP contribution in [0.4, 0.5) is 0 Å². The Morgan fingerprint density at radius 1 is 1.45 bits per heavy atom. The maximum atomic E-state index is 5.08. The molecule has 0 atom stereocenters. The summed E-state index contributed by atoms with van der Waals surface area (Å²) < 4.78 is 5.08. The monoisotopic (exact) mass is 153 g/mol. The molecule has 0 aliphatic heterocycles. The Labute approximate surface area is 68.3 Å². The van der Waals surface area contributed by atoms with E-state index in [-0.39, 0.29) is 0 Å². The lowest BCUT2D eigenvalue weighted by atomic mass is 10.3. The SMILES string of the molecule is C/C=C/C=C(/OC)C(C)=NC. The van der Waals surface area contributed by atoms with Crippen LogP contribution in [0.5, 0.6) is 0 Å². The quantitative estimate of drug-likeness (QED) is 0.346. The minimum Gasteiger partial charge on any atom is -0.495 e. The van der Waals surface area contributed by atoms with E-state index in [2.05, 4.69) is 4.99 Å². The predicted molar refractivity (Wildman–Crippen MR) is 48.9 cm³/mol. The third kappa shape index (κ3) is 3.61. The topological polar surface area (TPSA) is 21.6 Å². The van der Waals surface area contributed by atoms with Crippen molar-refractivity contribution in [3.8, 4) is 0 Å². The summed E-state index contributed by atoms with van der Waals surface area (Å²) in [4.78, 5) is 4.00. The van der Waals surface area contributed by atoms with E-state index in [4.69, 9.17) is 4.74 Å². The lowest BCUT2D eigenvalue weighted by Gasteiger charge is -2.02. The number of methoxy groups -OCH3 is 1. The second-order valence-corrected chi connectivity index (χ2v) is 2.07. The van der Waals surface area contributed by atoms with Crippen LogP contribution >= 0.6 is 0 Å². The zero-order chi connectivity index (χ0) is 8.69. The van der Waals surface area contributed by atoms with E-state index in [1.165, 1.54) is 0 Å². The molecule has 0 heterocycles. The Morgan fingerprint density at radius 3 is 2.45 bits per heavy atom. The molecule has 0 aromatic rings. The van der Waals surface area contributed by atoms with Crippen LogP contribution in [0.25, 0.3) is 0 Å². The first-order valence-corrected chi connectivity index (χ1v) is 3.57. The van der Waals surface area contributed by atoms with Gasteiger partial charge in [0.15, 0.2) is 0 Å². The fourth-order valence-electron chi connectivity index (χ4n) is 0.630. The number of rotatable bonds is 3. The van der Waals surface area contributed by atoms with Gasteiger partial charge in [0.2, 0.25) is 0 Å². The first kappa shape index (κ1) is 9.95. The predicted octanol–water partition coefficient (Wildman–Crippen LogP) is 2.18. The number of aliphatic imine (C=N–C) groups is 1. The van der Waals surface area contributed by atoms with Gasteiger partial charge in [0.25, 0.3) is 0 Å². The van der Waals surface area contributed by atoms with E-state index in [9.17, 15) is 0 Å². The van der Waals surface area contributed by atoms with Gasteiger partial charge in [-0.3, -0.25) is 4.99 Å². The van der Waals surface area contributed by atoms with Gasteiger partial charge in [0.05, 0.1) is 12.8 Å². The van der Waals surface area contributed by atoms with Crippen molar-refractivity contribution in [1.82, 2.24) is 0 Å². The van der Waals surface area contributed by atoms with E-state index < -0.39 is 0 Å². The Bertz CT molecular complexity index is 190. The van der Waals surface area contributed by atoms with E-state index in [0.29, 0.717) is 0 Å². The molecule has 0 radical (unpaired) electrons. The number of ether oxygens (including phenoxy) is 1. The van der Waals surface area contributed by atoms with Crippen LogP contribution in [0.2, 0.25) is 0 Å². The van der Waals surface area contributed by atoms with E-state index in [1.807, 2.05) is 32.1 Å². The molecule has 0 aliphatic carbocycles. The molecule has 0 spiro atoms. The van der Waals surface area contributed by atoms with Crippen LogP contribution in [0.3, 0.4) is 0 Å². The lowest BCUT2D eigenvalue weighted by molar-refractivity contribution is 0.314. The van der Waals surface area contributed by atoms with Crippen molar-refractivity contribution in [2.24, 2.45) is 4.99 Å². The summed E-state index contributed by atoms with van der Waals surface area (Å²) in [6, 6.07) is 0. The van der Waals surface area contributed by atoms with Crippen LogP contribution in [0, 0.1) is 0 Å². The Kier molecular flexibility index (Phi) is 5.17. The highest BCUT2D eigenvalue weighted by Crippen LogP contribution is 1.98. The Hall–Kier alpha value is -1.05. The number of hydrogen-bond acceptors (Lipinski definition) is 2. The molecule has 0 saturated carbocycles. The average molecular weight is 153 g/mol. The van der Waals surface area contributed by atoms with Gasteiger partial charge in [-0.25, -0.2) is 0 Å². The van der Waals surface area contributed by atoms with Gasteiger partial charge in [0.1, 0.15) is 5.76 Å². The normalized spacial score (nSPS) is 14.2. The molecule has 0 bridgehead atoms. The van der Waals surface area contributed by atoms with Crippen molar-refractivity contribution in [2.45, 2.75) is 13.8 Å². The smallest absolute Gasteiger partial charge is 0.139 e. The third-order valence-electron chi connectivity index (χ3n) is 1.35. The number of nitrogens with zero attached hydrogens (tertiary/aromatic N) is 1. The molecule has 62 valence electrons. The highest BCUT2D eigenvalue weighted by atomic mass is 16.5. The summed E-state index contributed by atoms with van der Waals surface area (Å²) in [5.74, 6) is 0.811. The summed E-state index contributed by atoms with van der Waals surface area (Å²) in [6.07, 6.45) is 5.76. The number of hydrogen-bond donors (Lipinski definition) is 0. The van der Waals surface area contributed by atoms with Crippen molar-refractivity contribution in [1.29, 1.82) is 0 Å². The lowest BCUT2D eigenvalue weighted by Crippen LogP contribution is -1.98. The molecular formula is C9H15NO. The van der Waals surface area contributed by atoms with Gasteiger partial charge in [-0.15, -0.1) is 0 Å². The molecule has 0 fully saturated rings. The minimum atomic E-state index is 0.811. The highest BCUT2D eigenvalue weighted by molar-refractivity contribution is 5.96. The largest absolute Gasteiger partial charge is 0.495 e. The number of allylic oxidation sites excluding steroid dienone is 4. The summed E-state index contributed by atoms with van der Waals surface area (Å²) in [5, 5.41) is 0. The summed E-state index contributed by atoms with van der Waals surface area (Å²) in [7, 11) is 3.39. The third-order valence-corrected chi connectivity index (χ3v) is 1.35. The van der Waals surface area contributed by atoms with E-state index >= 15 is 0 Å². The average Bonchev–Trinajstić information content (AvgIpc) is 2.05. The highest BCUT2D eigenvalue weighted by Gasteiger charge is 1.96. The van der Waals surface area contributed by atoms with Crippen LogP contribution in [-0.4, -0.2) is 19.9 Å². The second-order valence-electron chi connectivity index (χ2n) is 2.07. The van der Waals surface area contributed by atoms with Crippen LogP contribution in [0.15, 0.2) is 29.0 Å². The Balaban J connectivity index is 4.39. The molecule has 0 unspecified atom stereocenters. The van der Waals surface area contributed by atoms with Crippen molar-refractivity contribution in [3.63, 3.8) is 0 Å². The zero-order valence-corrected chi connectivity index (χ0v) is 7.59. The molecular weight excluding hydrogens is 138 g/mol. The molecule has 2 nitrogen and oxygen atoms in total. The fourth-order valence-corrected chi connectivity index (χ4v) is 0.630. The summed E-state index contributed by atoms with van der Waals surface area (Å²) >= 11 is 0. The van der Waals surface area contributed by atoms with Crippen molar-refractivity contribution < 1.29 is 4.74 Å². The molecule has 0 saturated heterocycles. The van der Waals surface area contributed by atoms with E-state index in [1.54, 1.807) is 14.2 Å². The summed E-state index contributed by atoms with van der Waals surface area (Å²) in [5.41, 5.74) is 0.908. The zero-order valence-electron chi connectivity index (χ0n) is 7.59. The maximum Gasteiger partial charge on any atom is 0.139 e. The van der Waals surface area contributed by atoms with Crippen molar-refractivity contribution in [3.05, 3.63) is 24.0 Å². The molecule has 2 heteroatoms. The van der Waals surface area contributed by atoms with Gasteiger partial charge in [-0.2, -0.15) is 0 Å². The van der Waals surface area contributed by atoms with Crippen LogP contribution in [0.1, 0.15) is 13.8 Å². The maximum absolute atomic E-state index is 5.08. The van der Waals surface area contributed by atoms with Crippen LogP contribution in [-0.2, 0) is 4.74 Å². The first-order chi connectivity index (χ1) is 5.26. The summed E-state index contributed by atoms with van der Waals surface area (Å²) in [6.45, 7) is 3.88. The van der Waals surface area contributed by atoms with Crippen molar-refractivity contribution >= 4 is 5.71 Å². The van der Waals surface area contributed by atoms with Gasteiger partial charge < -0.3 is 4.74 Å². The van der Waals surface area contributed by atoms with Gasteiger partial charge in [-0.1, -0.05) is 12.2 Å². The molecule has 11 heavy (non-hydrogen) atoms. The van der Waals surface area contributed by atoms with Crippen molar-refractivity contribution in [2.75, 3.05) is 14.2 Å². The molecule has 0 rings (SSSR count).